The molecule has 0 spiro atoms. The van der Waals surface area contributed by atoms with Gasteiger partial charge in [0.25, 0.3) is 5.91 Å². The largest absolute Gasteiger partial charge is 0.507 e. The van der Waals surface area contributed by atoms with Crippen molar-refractivity contribution in [3.8, 4) is 5.75 Å². The van der Waals surface area contributed by atoms with Crippen LogP contribution in [-0.4, -0.2) is 17.2 Å². The quantitative estimate of drug-likeness (QED) is 0.845. The van der Waals surface area contributed by atoms with Gasteiger partial charge in [0.1, 0.15) is 5.75 Å². The second kappa shape index (κ2) is 5.54. The number of carbonyl (C=O) groups is 1. The molecule has 2 aromatic rings. The number of aliphatic imine (C=N–C) groups is 1. The van der Waals surface area contributed by atoms with Gasteiger partial charge in [0.2, 0.25) is 0 Å². The Morgan fingerprint density at radius 3 is 2.74 bits per heavy atom. The lowest BCUT2D eigenvalue weighted by atomic mass is 10.1. The van der Waals surface area contributed by atoms with Gasteiger partial charge in [-0.2, -0.15) is 0 Å². The molecule has 5 heteroatoms. The van der Waals surface area contributed by atoms with E-state index in [9.17, 15) is 9.90 Å². The highest BCUT2D eigenvalue weighted by molar-refractivity contribution is 6.30. The summed E-state index contributed by atoms with van der Waals surface area (Å²) >= 11 is 5.83. The minimum atomic E-state index is -0.553. The molecule has 0 saturated carbocycles. The van der Waals surface area contributed by atoms with Crippen LogP contribution in [0, 0.1) is 0 Å². The normalized spacial score (nSPS) is 10.8. The fourth-order valence-corrected chi connectivity index (χ4v) is 1.74. The van der Waals surface area contributed by atoms with Gasteiger partial charge in [0.15, 0.2) is 0 Å². The molecule has 0 radical (unpaired) electrons. The van der Waals surface area contributed by atoms with Gasteiger partial charge in [-0.15, -0.1) is 0 Å². The number of hydrogen-bond acceptors (Lipinski definition) is 3. The smallest absolute Gasteiger partial charge is 0.250 e. The molecule has 2 aromatic carbocycles. The molecule has 19 heavy (non-hydrogen) atoms. The third-order valence-electron chi connectivity index (χ3n) is 2.50. The van der Waals surface area contributed by atoms with Crippen LogP contribution < -0.4 is 5.73 Å². The minimum absolute atomic E-state index is 0.0599. The number of benzene rings is 2. The molecule has 0 bridgehead atoms. The van der Waals surface area contributed by atoms with Crippen LogP contribution in [0.1, 0.15) is 15.9 Å². The van der Waals surface area contributed by atoms with E-state index in [1.165, 1.54) is 12.3 Å². The summed E-state index contributed by atoms with van der Waals surface area (Å²) in [5.41, 5.74) is 6.48. The maximum atomic E-state index is 11.2. The Bertz CT molecular complexity index is 654. The summed E-state index contributed by atoms with van der Waals surface area (Å²) in [6.07, 6.45) is 1.43. The van der Waals surface area contributed by atoms with Crippen LogP contribution in [0.4, 0.5) is 5.69 Å². The van der Waals surface area contributed by atoms with Gasteiger partial charge in [-0.1, -0.05) is 23.7 Å². The number of primary amides is 1. The molecule has 3 N–H and O–H groups in total. The van der Waals surface area contributed by atoms with Crippen molar-refractivity contribution in [2.75, 3.05) is 0 Å². The van der Waals surface area contributed by atoms with E-state index < -0.39 is 5.91 Å². The number of aromatic hydroxyl groups is 1. The second-order valence-electron chi connectivity index (χ2n) is 3.84. The first kappa shape index (κ1) is 13.1. The van der Waals surface area contributed by atoms with Gasteiger partial charge >= 0.3 is 0 Å². The van der Waals surface area contributed by atoms with Crippen molar-refractivity contribution in [1.82, 2.24) is 0 Å². The van der Waals surface area contributed by atoms with E-state index in [-0.39, 0.29) is 5.75 Å². The summed E-state index contributed by atoms with van der Waals surface area (Å²) in [6.45, 7) is 0. The molecule has 0 aliphatic carbocycles. The van der Waals surface area contributed by atoms with Crippen LogP contribution in [0.5, 0.6) is 5.75 Å². The molecule has 1 amide bonds. The predicted molar refractivity (Wildman–Crippen MR) is 75.3 cm³/mol. The van der Waals surface area contributed by atoms with E-state index in [1.807, 2.05) is 0 Å². The van der Waals surface area contributed by atoms with E-state index in [4.69, 9.17) is 17.3 Å². The average Bonchev–Trinajstić information content (AvgIpc) is 2.40. The summed E-state index contributed by atoms with van der Waals surface area (Å²) in [5.74, 6) is -0.493. The average molecular weight is 275 g/mol. The predicted octanol–water partition coefficient (Wildman–Crippen LogP) is 2.90. The molecule has 0 heterocycles. The van der Waals surface area contributed by atoms with Gasteiger partial charge in [-0.3, -0.25) is 9.79 Å². The molecule has 0 aliphatic rings. The first-order valence-corrected chi connectivity index (χ1v) is 5.87. The fraction of sp³-hybridized carbons (Fsp3) is 0. The number of nitrogens with zero attached hydrogens (tertiary/aromatic N) is 1. The van der Waals surface area contributed by atoms with E-state index in [0.717, 1.165) is 0 Å². The van der Waals surface area contributed by atoms with Crippen LogP contribution in [0.15, 0.2) is 47.5 Å². The Kier molecular flexibility index (Phi) is 3.82. The lowest BCUT2D eigenvalue weighted by Gasteiger charge is -2.02. The van der Waals surface area contributed by atoms with Crippen LogP contribution >= 0.6 is 11.6 Å². The second-order valence-corrected chi connectivity index (χ2v) is 4.28. The Balaban J connectivity index is 2.38. The Morgan fingerprint density at radius 1 is 1.26 bits per heavy atom. The summed E-state index contributed by atoms with van der Waals surface area (Å²) in [5, 5.41) is 10.1. The molecular weight excluding hydrogens is 264 g/mol. The summed E-state index contributed by atoms with van der Waals surface area (Å²) in [7, 11) is 0. The van der Waals surface area contributed by atoms with E-state index in [0.29, 0.717) is 21.8 Å². The standard InChI is InChI=1S/C14H11ClN2O2/c15-10-5-6-13(18)9(7-10)8-17-12-4-2-1-3-11(12)14(16)19/h1-8,18H,(H2,16,19). The van der Waals surface area contributed by atoms with Crippen molar-refractivity contribution in [2.24, 2.45) is 10.7 Å². The Morgan fingerprint density at radius 2 is 2.00 bits per heavy atom. The molecule has 0 aromatic heterocycles. The molecule has 2 rings (SSSR count). The number of carbonyl (C=O) groups excluding carboxylic acids is 1. The van der Waals surface area contributed by atoms with Crippen molar-refractivity contribution in [1.29, 1.82) is 0 Å². The zero-order valence-electron chi connectivity index (χ0n) is 9.88. The topological polar surface area (TPSA) is 75.7 Å². The molecule has 96 valence electrons. The Hall–Kier alpha value is -2.33. The third-order valence-corrected chi connectivity index (χ3v) is 2.74. The summed E-state index contributed by atoms with van der Waals surface area (Å²) in [4.78, 5) is 15.4. The molecule has 0 fully saturated rings. The maximum Gasteiger partial charge on any atom is 0.250 e. The summed E-state index contributed by atoms with van der Waals surface area (Å²) in [6, 6.07) is 11.3. The van der Waals surface area contributed by atoms with Crippen molar-refractivity contribution >= 4 is 29.4 Å². The van der Waals surface area contributed by atoms with Gasteiger partial charge < -0.3 is 10.8 Å². The number of hydrogen-bond donors (Lipinski definition) is 2. The van der Waals surface area contributed by atoms with Gasteiger partial charge in [0.05, 0.1) is 11.3 Å². The SMILES string of the molecule is NC(=O)c1ccccc1N=Cc1cc(Cl)ccc1O. The number of phenolic OH excluding ortho intramolecular Hbond substituents is 1. The molecule has 0 atom stereocenters. The highest BCUT2D eigenvalue weighted by atomic mass is 35.5. The number of halogens is 1. The van der Waals surface area contributed by atoms with Gasteiger partial charge in [-0.25, -0.2) is 0 Å². The van der Waals surface area contributed by atoms with Crippen molar-refractivity contribution in [3.63, 3.8) is 0 Å². The lowest BCUT2D eigenvalue weighted by Crippen LogP contribution is -2.10. The third kappa shape index (κ3) is 3.11. The van der Waals surface area contributed by atoms with Crippen LogP contribution in [0.2, 0.25) is 5.02 Å². The number of para-hydroxylation sites is 1. The number of amides is 1. The van der Waals surface area contributed by atoms with Gasteiger partial charge in [0, 0.05) is 16.8 Å². The van der Waals surface area contributed by atoms with Crippen LogP contribution in [0.3, 0.4) is 0 Å². The molecule has 0 unspecified atom stereocenters. The lowest BCUT2D eigenvalue weighted by molar-refractivity contribution is 0.100. The van der Waals surface area contributed by atoms with Crippen molar-refractivity contribution in [2.45, 2.75) is 0 Å². The van der Waals surface area contributed by atoms with Crippen LogP contribution in [-0.2, 0) is 0 Å². The minimum Gasteiger partial charge on any atom is -0.507 e. The zero-order chi connectivity index (χ0) is 13.8. The molecule has 4 nitrogen and oxygen atoms in total. The first-order valence-electron chi connectivity index (χ1n) is 5.49. The van der Waals surface area contributed by atoms with Crippen LogP contribution in [0.25, 0.3) is 0 Å². The fourth-order valence-electron chi connectivity index (χ4n) is 1.56. The van der Waals surface area contributed by atoms with E-state index in [1.54, 1.807) is 36.4 Å². The molecular formula is C14H11ClN2O2. The van der Waals surface area contributed by atoms with Crippen molar-refractivity contribution in [3.05, 3.63) is 58.6 Å². The highest BCUT2D eigenvalue weighted by Gasteiger charge is 2.05. The monoisotopic (exact) mass is 274 g/mol. The van der Waals surface area contributed by atoms with Crippen molar-refractivity contribution < 1.29 is 9.90 Å². The Labute approximate surface area is 115 Å². The molecule has 0 aliphatic heterocycles. The number of phenols is 1. The zero-order valence-corrected chi connectivity index (χ0v) is 10.6. The van der Waals surface area contributed by atoms with Gasteiger partial charge in [-0.05, 0) is 30.3 Å². The number of nitrogens with two attached hydrogens (primary N) is 1. The highest BCUT2D eigenvalue weighted by Crippen LogP contribution is 2.22. The number of rotatable bonds is 3. The maximum absolute atomic E-state index is 11.2. The summed E-state index contributed by atoms with van der Waals surface area (Å²) < 4.78 is 0. The van der Waals surface area contributed by atoms with E-state index >= 15 is 0 Å². The van der Waals surface area contributed by atoms with E-state index in [2.05, 4.69) is 4.99 Å². The first-order chi connectivity index (χ1) is 9.08. The molecule has 0 saturated heterocycles.